The smallest absolute Gasteiger partial charge is 0.269 e. The Morgan fingerprint density at radius 2 is 1.97 bits per heavy atom. The van der Waals surface area contributed by atoms with Gasteiger partial charge in [0, 0.05) is 30.8 Å². The molecule has 8 heteroatoms. The lowest BCUT2D eigenvalue weighted by atomic mass is 10.1. The molecule has 2 aromatic rings. The molecular formula is C21H28N4O3S. The normalized spacial score (nSPS) is 14.7. The average Bonchev–Trinajstić information content (AvgIpc) is 3.17. The first-order valence-corrected chi connectivity index (χ1v) is 11.1. The molecule has 3 rings (SSSR count). The van der Waals surface area contributed by atoms with Gasteiger partial charge >= 0.3 is 0 Å². The van der Waals surface area contributed by atoms with Crippen molar-refractivity contribution in [2.75, 3.05) is 26.2 Å². The summed E-state index contributed by atoms with van der Waals surface area (Å²) in [4.78, 5) is 31.0. The van der Waals surface area contributed by atoms with Crippen LogP contribution in [0.25, 0.3) is 10.6 Å². The van der Waals surface area contributed by atoms with Gasteiger partial charge in [-0.15, -0.1) is 11.3 Å². The molecule has 156 valence electrons. The SMILES string of the molecule is CCCCc1nc(-c2ccc([N+](=O)[O-])cc2)sc1C(=O)NCCN1CCCCC1. The van der Waals surface area contributed by atoms with E-state index in [1.54, 1.807) is 12.1 Å². The van der Waals surface area contributed by atoms with Gasteiger partial charge in [0.15, 0.2) is 0 Å². The molecule has 1 aliphatic rings. The van der Waals surface area contributed by atoms with Crippen LogP contribution in [-0.2, 0) is 6.42 Å². The third-order valence-electron chi connectivity index (χ3n) is 5.16. The minimum Gasteiger partial charge on any atom is -0.350 e. The third-order valence-corrected chi connectivity index (χ3v) is 6.30. The van der Waals surface area contributed by atoms with Crippen LogP contribution in [0.4, 0.5) is 5.69 Å². The van der Waals surface area contributed by atoms with Gasteiger partial charge in [0.2, 0.25) is 0 Å². The fourth-order valence-corrected chi connectivity index (χ4v) is 4.52. The fourth-order valence-electron chi connectivity index (χ4n) is 3.48. The Kier molecular flexibility index (Phi) is 7.71. The zero-order valence-electron chi connectivity index (χ0n) is 16.9. The zero-order valence-corrected chi connectivity index (χ0v) is 17.7. The lowest BCUT2D eigenvalue weighted by Gasteiger charge is -2.26. The van der Waals surface area contributed by atoms with E-state index in [0.29, 0.717) is 11.4 Å². The highest BCUT2D eigenvalue weighted by molar-refractivity contribution is 7.17. The first-order valence-electron chi connectivity index (χ1n) is 10.3. The first kappa shape index (κ1) is 21.4. The van der Waals surface area contributed by atoms with E-state index in [1.807, 2.05) is 0 Å². The van der Waals surface area contributed by atoms with Gasteiger partial charge in [0.25, 0.3) is 11.6 Å². The van der Waals surface area contributed by atoms with Crippen LogP contribution in [0.3, 0.4) is 0 Å². The monoisotopic (exact) mass is 416 g/mol. The van der Waals surface area contributed by atoms with E-state index in [1.165, 1.54) is 42.7 Å². The number of carbonyl (C=O) groups is 1. The summed E-state index contributed by atoms with van der Waals surface area (Å²) in [6, 6.07) is 6.33. The van der Waals surface area contributed by atoms with Crippen LogP contribution in [0.1, 0.15) is 54.4 Å². The number of rotatable bonds is 9. The highest BCUT2D eigenvalue weighted by atomic mass is 32.1. The quantitative estimate of drug-likeness (QED) is 0.487. The predicted molar refractivity (Wildman–Crippen MR) is 115 cm³/mol. The molecule has 1 N–H and O–H groups in total. The van der Waals surface area contributed by atoms with E-state index in [-0.39, 0.29) is 11.6 Å². The van der Waals surface area contributed by atoms with Crippen molar-refractivity contribution in [1.29, 1.82) is 0 Å². The number of nitrogens with one attached hydrogen (secondary N) is 1. The summed E-state index contributed by atoms with van der Waals surface area (Å²) in [5, 5.41) is 14.6. The number of benzene rings is 1. The van der Waals surface area contributed by atoms with Crippen LogP contribution >= 0.6 is 11.3 Å². The summed E-state index contributed by atoms with van der Waals surface area (Å²) >= 11 is 1.36. The van der Waals surface area contributed by atoms with Crippen molar-refractivity contribution in [2.24, 2.45) is 0 Å². The number of non-ortho nitro benzene ring substituents is 1. The van der Waals surface area contributed by atoms with Crippen LogP contribution in [-0.4, -0.2) is 46.9 Å². The van der Waals surface area contributed by atoms with Crippen molar-refractivity contribution in [3.63, 3.8) is 0 Å². The number of piperidine rings is 1. The van der Waals surface area contributed by atoms with E-state index in [9.17, 15) is 14.9 Å². The molecule has 0 bridgehead atoms. The second kappa shape index (κ2) is 10.5. The van der Waals surface area contributed by atoms with Gasteiger partial charge in [0.05, 0.1) is 10.6 Å². The summed E-state index contributed by atoms with van der Waals surface area (Å²) in [5.74, 6) is -0.0706. The van der Waals surface area contributed by atoms with Crippen molar-refractivity contribution < 1.29 is 9.72 Å². The van der Waals surface area contributed by atoms with Crippen molar-refractivity contribution in [3.05, 3.63) is 45.0 Å². The molecule has 2 heterocycles. The van der Waals surface area contributed by atoms with Gasteiger partial charge in [-0.05, 0) is 50.9 Å². The van der Waals surface area contributed by atoms with E-state index in [4.69, 9.17) is 0 Å². The molecule has 1 fully saturated rings. The predicted octanol–water partition coefficient (Wildman–Crippen LogP) is 4.28. The van der Waals surface area contributed by atoms with Crippen LogP contribution in [0.2, 0.25) is 0 Å². The van der Waals surface area contributed by atoms with Gasteiger partial charge in [0.1, 0.15) is 9.88 Å². The van der Waals surface area contributed by atoms with Gasteiger partial charge in [-0.25, -0.2) is 4.98 Å². The molecule has 1 aliphatic heterocycles. The molecule has 7 nitrogen and oxygen atoms in total. The number of hydrogen-bond donors (Lipinski definition) is 1. The number of nitro groups is 1. The van der Waals surface area contributed by atoms with Crippen LogP contribution < -0.4 is 5.32 Å². The third kappa shape index (κ3) is 5.83. The average molecular weight is 417 g/mol. The number of hydrogen-bond acceptors (Lipinski definition) is 6. The van der Waals surface area contributed by atoms with E-state index in [0.717, 1.165) is 55.2 Å². The summed E-state index contributed by atoms with van der Waals surface area (Å²) in [6.45, 7) is 5.85. The van der Waals surface area contributed by atoms with Crippen molar-refractivity contribution in [2.45, 2.75) is 45.4 Å². The standard InChI is InChI=1S/C21H28N4O3S/c1-2-3-7-18-19(20(26)22-12-15-24-13-5-4-6-14-24)29-21(23-18)16-8-10-17(11-9-16)25(27)28/h8-11H,2-7,12-15H2,1H3,(H,22,26). The number of unbranched alkanes of at least 4 members (excludes halogenated alkanes) is 1. The van der Waals surface area contributed by atoms with Crippen molar-refractivity contribution in [3.8, 4) is 10.6 Å². The van der Waals surface area contributed by atoms with Gasteiger partial charge in [-0.1, -0.05) is 19.8 Å². The fraction of sp³-hybridized carbons (Fsp3) is 0.524. The van der Waals surface area contributed by atoms with Crippen molar-refractivity contribution >= 4 is 22.9 Å². The topological polar surface area (TPSA) is 88.4 Å². The van der Waals surface area contributed by atoms with Crippen LogP contribution in [0, 0.1) is 10.1 Å². The minimum absolute atomic E-state index is 0.0483. The number of aryl methyl sites for hydroxylation is 1. The molecule has 0 spiro atoms. The van der Waals surface area contributed by atoms with Crippen LogP contribution in [0.5, 0.6) is 0 Å². The van der Waals surface area contributed by atoms with E-state index >= 15 is 0 Å². The Morgan fingerprint density at radius 3 is 2.62 bits per heavy atom. The Balaban J connectivity index is 1.70. The molecule has 0 aliphatic carbocycles. The number of nitro benzene ring substituents is 1. The van der Waals surface area contributed by atoms with Gasteiger partial charge in [-0.2, -0.15) is 0 Å². The molecule has 1 saturated heterocycles. The molecule has 0 radical (unpaired) electrons. The number of amides is 1. The molecule has 1 amide bonds. The maximum Gasteiger partial charge on any atom is 0.269 e. The van der Waals surface area contributed by atoms with Crippen molar-refractivity contribution in [1.82, 2.24) is 15.2 Å². The van der Waals surface area contributed by atoms with E-state index in [2.05, 4.69) is 22.1 Å². The Morgan fingerprint density at radius 1 is 1.24 bits per heavy atom. The molecule has 1 aromatic carbocycles. The largest absolute Gasteiger partial charge is 0.350 e. The van der Waals surface area contributed by atoms with E-state index < -0.39 is 4.92 Å². The summed E-state index contributed by atoms with van der Waals surface area (Å²) in [5.41, 5.74) is 1.67. The molecular weight excluding hydrogens is 388 g/mol. The lowest BCUT2D eigenvalue weighted by molar-refractivity contribution is -0.384. The Bertz CT molecular complexity index is 829. The lowest BCUT2D eigenvalue weighted by Crippen LogP contribution is -2.37. The highest BCUT2D eigenvalue weighted by Crippen LogP contribution is 2.30. The minimum atomic E-state index is -0.417. The summed E-state index contributed by atoms with van der Waals surface area (Å²) < 4.78 is 0. The number of likely N-dealkylation sites (tertiary alicyclic amines) is 1. The second-order valence-electron chi connectivity index (χ2n) is 7.36. The first-order chi connectivity index (χ1) is 14.1. The number of nitrogens with zero attached hydrogens (tertiary/aromatic N) is 3. The Hall–Kier alpha value is -2.32. The molecule has 29 heavy (non-hydrogen) atoms. The highest BCUT2D eigenvalue weighted by Gasteiger charge is 2.19. The molecule has 0 unspecified atom stereocenters. The summed E-state index contributed by atoms with van der Waals surface area (Å²) in [6.07, 6.45) is 6.54. The van der Waals surface area contributed by atoms with Crippen LogP contribution in [0.15, 0.2) is 24.3 Å². The Labute approximate surface area is 175 Å². The van der Waals surface area contributed by atoms with Gasteiger partial charge < -0.3 is 10.2 Å². The number of aromatic nitrogens is 1. The zero-order chi connectivity index (χ0) is 20.6. The summed E-state index contributed by atoms with van der Waals surface area (Å²) in [7, 11) is 0. The molecule has 1 aromatic heterocycles. The second-order valence-corrected chi connectivity index (χ2v) is 8.36. The maximum atomic E-state index is 12.8. The molecule has 0 atom stereocenters. The number of carbonyl (C=O) groups excluding carboxylic acids is 1. The van der Waals surface area contributed by atoms with Gasteiger partial charge in [-0.3, -0.25) is 14.9 Å². The maximum absolute atomic E-state index is 12.8. The number of thiazole rings is 1. The molecule has 0 saturated carbocycles.